The van der Waals surface area contributed by atoms with Gasteiger partial charge in [0.05, 0.1) is 18.4 Å². The lowest BCUT2D eigenvalue weighted by atomic mass is 9.91. The van der Waals surface area contributed by atoms with Gasteiger partial charge in [0.15, 0.2) is 17.0 Å². The number of fused-ring (bicyclic) bond motifs is 1. The Labute approximate surface area is 218 Å². The third-order valence-corrected chi connectivity index (χ3v) is 6.93. The minimum absolute atomic E-state index is 0.0292. The van der Waals surface area contributed by atoms with Crippen LogP contribution in [0, 0.1) is 0 Å². The zero-order valence-corrected chi connectivity index (χ0v) is 20.5. The number of amides is 1. The number of hydrazine groups is 1. The molecule has 1 aliphatic carbocycles. The van der Waals surface area contributed by atoms with E-state index in [9.17, 15) is 15.0 Å². The SMILES string of the molecule is NNc1nc(NCC(c2ccccc2)c2ccccc2)c2ncn([C@@H]3C[C@H](NC(=O)CO)C(O)C3O)c2n1. The number of hydrogen-bond acceptors (Lipinski definition) is 10. The molecule has 0 saturated heterocycles. The smallest absolute Gasteiger partial charge is 0.246 e. The Hall–Kier alpha value is -4.10. The summed E-state index contributed by atoms with van der Waals surface area (Å²) in [4.78, 5) is 25.1. The molecule has 8 N–H and O–H groups in total. The van der Waals surface area contributed by atoms with Crippen LogP contribution in [0.5, 0.6) is 0 Å². The van der Waals surface area contributed by atoms with Gasteiger partial charge in [-0.25, -0.2) is 10.8 Å². The van der Waals surface area contributed by atoms with Crippen molar-refractivity contribution in [2.75, 3.05) is 23.9 Å². The van der Waals surface area contributed by atoms with Crippen molar-refractivity contribution in [3.63, 3.8) is 0 Å². The molecular formula is C26H30N8O4. The third kappa shape index (κ3) is 5.02. The minimum atomic E-state index is -1.23. The lowest BCUT2D eigenvalue weighted by Gasteiger charge is -2.20. The van der Waals surface area contributed by atoms with E-state index in [1.807, 2.05) is 36.4 Å². The molecule has 0 spiro atoms. The van der Waals surface area contributed by atoms with Gasteiger partial charge in [0.2, 0.25) is 11.9 Å². The summed E-state index contributed by atoms with van der Waals surface area (Å²) in [5, 5.41) is 36.3. The summed E-state index contributed by atoms with van der Waals surface area (Å²) >= 11 is 0. The van der Waals surface area contributed by atoms with Crippen LogP contribution in [0.4, 0.5) is 11.8 Å². The van der Waals surface area contributed by atoms with Crippen LogP contribution in [0.2, 0.25) is 0 Å². The van der Waals surface area contributed by atoms with Gasteiger partial charge in [0, 0.05) is 12.5 Å². The molecule has 0 aliphatic heterocycles. The summed E-state index contributed by atoms with van der Waals surface area (Å²) < 4.78 is 1.65. The Morgan fingerprint density at radius 1 is 1.03 bits per heavy atom. The monoisotopic (exact) mass is 518 g/mol. The number of aromatic nitrogens is 4. The van der Waals surface area contributed by atoms with Gasteiger partial charge in [-0.1, -0.05) is 60.7 Å². The molecule has 4 aromatic rings. The number of nitrogens with zero attached hydrogens (tertiary/aromatic N) is 4. The van der Waals surface area contributed by atoms with Crippen LogP contribution in [-0.2, 0) is 4.79 Å². The highest BCUT2D eigenvalue weighted by atomic mass is 16.3. The summed E-state index contributed by atoms with van der Waals surface area (Å²) in [6, 6.07) is 18.9. The Balaban J connectivity index is 1.46. The average Bonchev–Trinajstić information content (AvgIpc) is 3.50. The van der Waals surface area contributed by atoms with Crippen molar-refractivity contribution in [3.05, 3.63) is 78.1 Å². The minimum Gasteiger partial charge on any atom is -0.388 e. The van der Waals surface area contributed by atoms with Gasteiger partial charge in [-0.2, -0.15) is 9.97 Å². The first-order chi connectivity index (χ1) is 18.5. The van der Waals surface area contributed by atoms with Gasteiger partial charge >= 0.3 is 0 Å². The van der Waals surface area contributed by atoms with E-state index < -0.39 is 36.8 Å². The Morgan fingerprint density at radius 2 is 1.68 bits per heavy atom. The number of rotatable bonds is 9. The standard InChI is InChI=1S/C26H30N8O4/c27-33-26-31-24(28-12-17(15-7-3-1-4-8-15)16-9-5-2-6-10-16)21-25(32-26)34(14-29-21)19-11-18(22(37)23(19)38)30-20(36)13-35/h1-10,14,17-19,22-23,35,37-38H,11-13,27H2,(H,30,36)(H2,28,31,32,33)/t18-,19+,22?,23?/m0/s1. The molecular weight excluding hydrogens is 488 g/mol. The highest BCUT2D eigenvalue weighted by Gasteiger charge is 2.43. The largest absolute Gasteiger partial charge is 0.388 e. The van der Waals surface area contributed by atoms with E-state index in [2.05, 4.69) is 55.3 Å². The molecule has 1 saturated carbocycles. The highest BCUT2D eigenvalue weighted by Crippen LogP contribution is 2.34. The molecule has 1 fully saturated rings. The number of anilines is 2. The van der Waals surface area contributed by atoms with Crippen molar-refractivity contribution < 1.29 is 20.1 Å². The summed E-state index contributed by atoms with van der Waals surface area (Å²) in [5.74, 6) is 5.67. The molecule has 4 atom stereocenters. The predicted octanol–water partition coefficient (Wildman–Crippen LogP) is 0.500. The normalized spacial score (nSPS) is 21.1. The fraction of sp³-hybridized carbons (Fsp3) is 0.308. The summed E-state index contributed by atoms with van der Waals surface area (Å²) in [6.45, 7) is -0.199. The second kappa shape index (κ2) is 11.1. The molecule has 2 aromatic heterocycles. The Morgan fingerprint density at radius 3 is 2.29 bits per heavy atom. The molecule has 38 heavy (non-hydrogen) atoms. The molecule has 0 bridgehead atoms. The number of aliphatic hydroxyl groups is 3. The summed E-state index contributed by atoms with van der Waals surface area (Å²) in [7, 11) is 0. The maximum absolute atomic E-state index is 11.7. The molecule has 2 unspecified atom stereocenters. The highest BCUT2D eigenvalue weighted by molar-refractivity contribution is 5.84. The quantitative estimate of drug-likeness (QED) is 0.122. The van der Waals surface area contributed by atoms with Crippen LogP contribution in [0.1, 0.15) is 29.5 Å². The molecule has 198 valence electrons. The first-order valence-electron chi connectivity index (χ1n) is 12.3. The molecule has 0 radical (unpaired) electrons. The predicted molar refractivity (Wildman–Crippen MR) is 141 cm³/mol. The van der Waals surface area contributed by atoms with Crippen molar-refractivity contribution >= 4 is 28.8 Å². The van der Waals surface area contributed by atoms with Crippen LogP contribution in [0.25, 0.3) is 11.2 Å². The van der Waals surface area contributed by atoms with Crippen LogP contribution in [0.15, 0.2) is 67.0 Å². The first-order valence-corrected chi connectivity index (χ1v) is 12.3. The van der Waals surface area contributed by atoms with Crippen LogP contribution in [-0.4, -0.2) is 72.1 Å². The summed E-state index contributed by atoms with van der Waals surface area (Å²) in [6.07, 6.45) is -0.690. The van der Waals surface area contributed by atoms with Gasteiger partial charge in [-0.3, -0.25) is 10.2 Å². The van der Waals surface area contributed by atoms with Crippen molar-refractivity contribution in [1.82, 2.24) is 24.8 Å². The van der Waals surface area contributed by atoms with E-state index >= 15 is 0 Å². The van der Waals surface area contributed by atoms with E-state index in [-0.39, 0.29) is 18.3 Å². The Kier molecular flexibility index (Phi) is 7.47. The van der Waals surface area contributed by atoms with Crippen LogP contribution >= 0.6 is 0 Å². The number of nitrogen functional groups attached to an aromatic ring is 1. The Bertz CT molecular complexity index is 1340. The molecule has 1 aliphatic rings. The molecule has 1 amide bonds. The van der Waals surface area contributed by atoms with Gasteiger partial charge in [0.1, 0.15) is 18.8 Å². The fourth-order valence-electron chi connectivity index (χ4n) is 5.02. The van der Waals surface area contributed by atoms with Gasteiger partial charge < -0.3 is 30.5 Å². The van der Waals surface area contributed by atoms with Gasteiger partial charge in [0.25, 0.3) is 0 Å². The van der Waals surface area contributed by atoms with Crippen molar-refractivity contribution in [2.24, 2.45) is 5.84 Å². The number of aliphatic hydroxyl groups excluding tert-OH is 3. The number of carbonyl (C=O) groups excluding carboxylic acids is 1. The fourth-order valence-corrected chi connectivity index (χ4v) is 5.02. The maximum atomic E-state index is 11.7. The number of nitrogens with two attached hydrogens (primary N) is 1. The second-order valence-corrected chi connectivity index (χ2v) is 9.24. The van der Waals surface area contributed by atoms with Gasteiger partial charge in [-0.05, 0) is 17.5 Å². The van der Waals surface area contributed by atoms with E-state index in [0.717, 1.165) is 11.1 Å². The number of benzene rings is 2. The topological polar surface area (TPSA) is 183 Å². The molecule has 2 aromatic carbocycles. The van der Waals surface area contributed by atoms with E-state index in [0.29, 0.717) is 23.5 Å². The van der Waals surface area contributed by atoms with Crippen molar-refractivity contribution in [3.8, 4) is 0 Å². The van der Waals surface area contributed by atoms with Gasteiger partial charge in [-0.15, -0.1) is 0 Å². The van der Waals surface area contributed by atoms with Crippen LogP contribution in [0.3, 0.4) is 0 Å². The first kappa shape index (κ1) is 25.5. The molecule has 12 heteroatoms. The average molecular weight is 519 g/mol. The van der Waals surface area contributed by atoms with E-state index in [4.69, 9.17) is 10.9 Å². The zero-order chi connectivity index (χ0) is 26.6. The second-order valence-electron chi connectivity index (χ2n) is 9.24. The lowest BCUT2D eigenvalue weighted by molar-refractivity contribution is -0.125. The number of imidazole rings is 1. The van der Waals surface area contributed by atoms with Crippen molar-refractivity contribution in [1.29, 1.82) is 0 Å². The maximum Gasteiger partial charge on any atom is 0.246 e. The number of carbonyl (C=O) groups is 1. The molecule has 5 rings (SSSR count). The zero-order valence-electron chi connectivity index (χ0n) is 20.5. The number of nitrogens with one attached hydrogen (secondary N) is 3. The molecule has 2 heterocycles. The van der Waals surface area contributed by atoms with Crippen molar-refractivity contribution in [2.45, 2.75) is 36.6 Å². The lowest BCUT2D eigenvalue weighted by Crippen LogP contribution is -2.44. The van der Waals surface area contributed by atoms with Crippen LogP contribution < -0.4 is 21.9 Å². The van der Waals surface area contributed by atoms with E-state index in [1.165, 1.54) is 6.33 Å². The third-order valence-electron chi connectivity index (χ3n) is 6.93. The number of hydrogen-bond donors (Lipinski definition) is 7. The van der Waals surface area contributed by atoms with E-state index in [1.54, 1.807) is 4.57 Å². The summed E-state index contributed by atoms with van der Waals surface area (Å²) in [5.41, 5.74) is 5.62. The molecule has 12 nitrogen and oxygen atoms in total.